The molecule has 1 rings (SSSR count). The molecule has 1 aliphatic rings. The van der Waals surface area contributed by atoms with Gasteiger partial charge in [0.25, 0.3) is 0 Å². The number of thioether (sulfide) groups is 1. The summed E-state index contributed by atoms with van der Waals surface area (Å²) in [6.07, 6.45) is -0.184. The minimum atomic E-state index is -4.05. The molecule has 1 aliphatic heterocycles. The van der Waals surface area contributed by atoms with Crippen molar-refractivity contribution in [1.29, 1.82) is 0 Å². The number of hydrogen-bond donors (Lipinski definition) is 2. The molecule has 1 heterocycles. The van der Waals surface area contributed by atoms with E-state index in [1.54, 1.807) is 6.92 Å². The quantitative estimate of drug-likeness (QED) is 0.716. The van der Waals surface area contributed by atoms with Crippen molar-refractivity contribution in [3.8, 4) is 0 Å². The van der Waals surface area contributed by atoms with E-state index in [1.165, 1.54) is 0 Å². The van der Waals surface area contributed by atoms with E-state index in [-0.39, 0.29) is 17.4 Å². The molecule has 0 amide bonds. The van der Waals surface area contributed by atoms with Crippen LogP contribution in [0.3, 0.4) is 0 Å². The molecule has 2 N–H and O–H groups in total. The highest BCUT2D eigenvalue weighted by Crippen LogP contribution is 2.43. The fourth-order valence-corrected chi connectivity index (χ4v) is 2.54. The van der Waals surface area contributed by atoms with Gasteiger partial charge in [-0.05, 0) is 6.42 Å². The maximum Gasteiger partial charge on any atom is 0.377 e. The predicted octanol–water partition coefficient (Wildman–Crippen LogP) is 0.963. The van der Waals surface area contributed by atoms with Crippen LogP contribution >= 0.6 is 11.8 Å². The first-order valence-electron chi connectivity index (χ1n) is 3.75. The Morgan fingerprint density at radius 1 is 1.69 bits per heavy atom. The number of aliphatic carboxylic acids is 1. The first-order valence-corrected chi connectivity index (χ1v) is 4.80. The van der Waals surface area contributed by atoms with E-state index in [0.29, 0.717) is 0 Å². The van der Waals surface area contributed by atoms with Crippen molar-refractivity contribution >= 4 is 17.7 Å². The molecule has 0 saturated carbocycles. The van der Waals surface area contributed by atoms with E-state index in [2.05, 4.69) is 0 Å². The highest BCUT2D eigenvalue weighted by atomic mass is 32.2. The van der Waals surface area contributed by atoms with E-state index >= 15 is 0 Å². The molecular weight excluding hydrogens is 202 g/mol. The lowest BCUT2D eigenvalue weighted by atomic mass is 9.93. The summed E-state index contributed by atoms with van der Waals surface area (Å²) in [5, 5.41) is 17.5. The maximum atomic E-state index is 12.9. The maximum absolute atomic E-state index is 12.9. The third-order valence-corrected chi connectivity index (χ3v) is 3.46. The van der Waals surface area contributed by atoms with Crippen LogP contribution in [-0.4, -0.2) is 38.7 Å². The van der Waals surface area contributed by atoms with Gasteiger partial charge in [0.2, 0.25) is 0 Å². The van der Waals surface area contributed by atoms with Gasteiger partial charge in [-0.3, -0.25) is 0 Å². The fourth-order valence-electron chi connectivity index (χ4n) is 1.29. The van der Waals surface area contributed by atoms with Crippen LogP contribution in [0.1, 0.15) is 13.3 Å². The Balaban J connectivity index is 2.86. The van der Waals surface area contributed by atoms with E-state index in [1.807, 2.05) is 0 Å². The molecule has 1 fully saturated rings. The third-order valence-electron chi connectivity index (χ3n) is 2.08. The van der Waals surface area contributed by atoms with Crippen LogP contribution in [0.4, 0.5) is 8.78 Å². The van der Waals surface area contributed by atoms with Gasteiger partial charge in [0.1, 0.15) is 5.60 Å². The molecule has 0 aromatic rings. The van der Waals surface area contributed by atoms with E-state index < -0.39 is 17.5 Å². The monoisotopic (exact) mass is 212 g/mol. The fraction of sp³-hybridized carbons (Fsp3) is 0.857. The van der Waals surface area contributed by atoms with Gasteiger partial charge >= 0.3 is 11.9 Å². The lowest BCUT2D eigenvalue weighted by Crippen LogP contribution is -2.53. The summed E-state index contributed by atoms with van der Waals surface area (Å²) < 4.78 is 25.9. The number of rotatable bonds is 2. The van der Waals surface area contributed by atoms with Crippen LogP contribution in [0.15, 0.2) is 0 Å². The van der Waals surface area contributed by atoms with Crippen molar-refractivity contribution in [1.82, 2.24) is 0 Å². The number of hydrogen-bond acceptors (Lipinski definition) is 3. The van der Waals surface area contributed by atoms with Crippen molar-refractivity contribution in [3.63, 3.8) is 0 Å². The van der Waals surface area contributed by atoms with Gasteiger partial charge in [0.15, 0.2) is 0 Å². The van der Waals surface area contributed by atoms with Crippen molar-refractivity contribution in [2.75, 3.05) is 5.75 Å². The van der Waals surface area contributed by atoms with Crippen LogP contribution in [0, 0.1) is 0 Å². The Hall–Kier alpha value is -0.360. The number of aliphatic hydroxyl groups is 1. The molecule has 6 heteroatoms. The first-order chi connectivity index (χ1) is 5.79. The smallest absolute Gasteiger partial charge is 0.377 e. The third kappa shape index (κ3) is 1.65. The summed E-state index contributed by atoms with van der Waals surface area (Å²) in [5.74, 6) is -6.54. The van der Waals surface area contributed by atoms with Gasteiger partial charge in [-0.1, -0.05) is 6.92 Å². The standard InChI is InChI=1S/C7H10F2O3S/c1-4-2-6(12,3-13-4)7(8,9)5(10)11/h4,12H,2-3H2,1H3,(H,10,11). The van der Waals surface area contributed by atoms with Gasteiger partial charge in [0, 0.05) is 11.0 Å². The summed E-state index contributed by atoms with van der Waals surface area (Å²) >= 11 is 1.16. The number of halogens is 2. The Bertz CT molecular complexity index is 234. The number of alkyl halides is 2. The van der Waals surface area contributed by atoms with E-state index in [0.717, 1.165) is 11.8 Å². The van der Waals surface area contributed by atoms with E-state index in [9.17, 15) is 18.7 Å². The average Bonchev–Trinajstić information content (AvgIpc) is 2.32. The molecule has 1 saturated heterocycles. The van der Waals surface area contributed by atoms with Crippen LogP contribution in [0.2, 0.25) is 0 Å². The number of carbonyl (C=O) groups is 1. The molecule has 0 radical (unpaired) electrons. The molecular formula is C7H10F2O3S. The second-order valence-electron chi connectivity index (χ2n) is 3.24. The second-order valence-corrected chi connectivity index (χ2v) is 4.66. The second kappa shape index (κ2) is 3.09. The number of carboxylic acid groups (broad SMARTS) is 1. The van der Waals surface area contributed by atoms with Crippen LogP contribution < -0.4 is 0 Å². The molecule has 3 nitrogen and oxygen atoms in total. The Labute approximate surface area is 78.1 Å². The molecule has 0 bridgehead atoms. The van der Waals surface area contributed by atoms with Crippen molar-refractivity contribution < 1.29 is 23.8 Å². The van der Waals surface area contributed by atoms with Gasteiger partial charge < -0.3 is 10.2 Å². The molecule has 0 aromatic carbocycles. The zero-order valence-electron chi connectivity index (χ0n) is 6.96. The van der Waals surface area contributed by atoms with Gasteiger partial charge in [-0.15, -0.1) is 0 Å². The van der Waals surface area contributed by atoms with Gasteiger partial charge in [0.05, 0.1) is 0 Å². The largest absolute Gasteiger partial charge is 0.477 e. The Morgan fingerprint density at radius 3 is 2.54 bits per heavy atom. The molecule has 2 unspecified atom stereocenters. The Kier molecular flexibility index (Phi) is 2.55. The molecule has 0 aliphatic carbocycles. The summed E-state index contributed by atoms with van der Waals surface area (Å²) in [5.41, 5.74) is -2.39. The van der Waals surface area contributed by atoms with E-state index in [4.69, 9.17) is 5.11 Å². The SMILES string of the molecule is CC1CC(O)(C(F)(F)C(=O)O)CS1. The zero-order valence-corrected chi connectivity index (χ0v) is 7.77. The summed E-state index contributed by atoms with van der Waals surface area (Å²) in [6.45, 7) is 1.68. The number of carboxylic acids is 1. The molecule has 13 heavy (non-hydrogen) atoms. The summed E-state index contributed by atoms with van der Waals surface area (Å²) in [6, 6.07) is 0. The molecule has 0 aromatic heterocycles. The van der Waals surface area contributed by atoms with Crippen molar-refractivity contribution in [2.24, 2.45) is 0 Å². The summed E-state index contributed by atoms with van der Waals surface area (Å²) in [7, 11) is 0. The van der Waals surface area contributed by atoms with Gasteiger partial charge in [-0.2, -0.15) is 20.5 Å². The normalized spacial score (nSPS) is 34.9. The Morgan fingerprint density at radius 2 is 2.23 bits per heavy atom. The van der Waals surface area contributed by atoms with Crippen LogP contribution in [0.25, 0.3) is 0 Å². The lowest BCUT2D eigenvalue weighted by Gasteiger charge is -2.28. The first kappa shape index (κ1) is 10.7. The van der Waals surface area contributed by atoms with Crippen molar-refractivity contribution in [3.05, 3.63) is 0 Å². The highest BCUT2D eigenvalue weighted by molar-refractivity contribution is 8.00. The topological polar surface area (TPSA) is 57.5 Å². The minimum Gasteiger partial charge on any atom is -0.477 e. The zero-order chi connectivity index (χ0) is 10.3. The summed E-state index contributed by atoms with van der Waals surface area (Å²) in [4.78, 5) is 10.2. The highest BCUT2D eigenvalue weighted by Gasteiger charge is 2.61. The average molecular weight is 212 g/mol. The lowest BCUT2D eigenvalue weighted by molar-refractivity contribution is -0.202. The molecule has 2 atom stereocenters. The molecule has 76 valence electrons. The predicted molar refractivity (Wildman–Crippen MR) is 44.1 cm³/mol. The molecule has 0 spiro atoms. The van der Waals surface area contributed by atoms with Gasteiger partial charge in [-0.25, -0.2) is 4.79 Å². The minimum absolute atomic E-state index is 0.129. The van der Waals surface area contributed by atoms with Crippen LogP contribution in [0.5, 0.6) is 0 Å². The van der Waals surface area contributed by atoms with Crippen LogP contribution in [-0.2, 0) is 4.79 Å². The van der Waals surface area contributed by atoms with Crippen molar-refractivity contribution in [2.45, 2.75) is 30.1 Å².